The first-order valence-electron chi connectivity index (χ1n) is 6.07. The molecule has 0 amide bonds. The molecule has 2 aromatic rings. The Kier molecular flexibility index (Phi) is 4.54. The van der Waals surface area contributed by atoms with Crippen molar-refractivity contribution in [1.82, 2.24) is 0 Å². The maximum absolute atomic E-state index is 13.0. The molecule has 2 rings (SSSR count). The zero-order chi connectivity index (χ0) is 13.5. The van der Waals surface area contributed by atoms with E-state index in [9.17, 15) is 4.39 Å². The van der Waals surface area contributed by atoms with Crippen molar-refractivity contribution >= 4 is 6.08 Å². The van der Waals surface area contributed by atoms with Gasteiger partial charge < -0.3 is 4.74 Å². The molecule has 0 atom stereocenters. The maximum atomic E-state index is 13.0. The second kappa shape index (κ2) is 6.58. The van der Waals surface area contributed by atoms with E-state index < -0.39 is 0 Å². The predicted molar refractivity (Wildman–Crippen MR) is 75.6 cm³/mol. The summed E-state index contributed by atoms with van der Waals surface area (Å²) < 4.78 is 18.0. The predicted octanol–water partition coefficient (Wildman–Crippen LogP) is 4.25. The van der Waals surface area contributed by atoms with Crippen molar-refractivity contribution in [3.05, 3.63) is 77.3 Å². The molecule has 0 aliphatic heterocycles. The Balaban J connectivity index is 1.99. The molecule has 2 heteroatoms. The quantitative estimate of drug-likeness (QED) is 0.741. The van der Waals surface area contributed by atoms with Crippen LogP contribution >= 0.6 is 0 Å². The Labute approximate surface area is 112 Å². The third-order valence-electron chi connectivity index (χ3n) is 2.71. The summed E-state index contributed by atoms with van der Waals surface area (Å²) in [5.41, 5.74) is 5.09. The van der Waals surface area contributed by atoms with Crippen molar-refractivity contribution in [3.63, 3.8) is 0 Å². The van der Waals surface area contributed by atoms with E-state index >= 15 is 0 Å². The monoisotopic (exact) mass is 254 g/mol. The minimum absolute atomic E-state index is 0.204. The summed E-state index contributed by atoms with van der Waals surface area (Å²) in [5.74, 6) is 0.630. The average Bonchev–Trinajstić information content (AvgIpc) is 2.44. The smallest absolute Gasteiger partial charge is 0.123 e. The van der Waals surface area contributed by atoms with Crippen LogP contribution in [0.4, 0.5) is 4.39 Å². The number of ether oxygens (including phenoxy) is 1. The third kappa shape index (κ3) is 4.13. The van der Waals surface area contributed by atoms with Gasteiger partial charge in [0, 0.05) is 0 Å². The lowest BCUT2D eigenvalue weighted by molar-refractivity contribution is 0.415. The standard InChI is InChI=1S/C17H15FO/c1-19-17-11-9-14(10-12-17)5-2-3-6-15-7-4-8-16(18)13-15/h3-5,7-13H,6H2,1H3. The van der Waals surface area contributed by atoms with Crippen LogP contribution in [0.25, 0.3) is 6.08 Å². The van der Waals surface area contributed by atoms with Crippen molar-refractivity contribution < 1.29 is 9.13 Å². The topological polar surface area (TPSA) is 9.23 Å². The molecule has 0 aliphatic rings. The fraction of sp³-hybridized carbons (Fsp3) is 0.118. The Morgan fingerprint density at radius 1 is 1.16 bits per heavy atom. The summed E-state index contributed by atoms with van der Waals surface area (Å²) in [5, 5.41) is 0. The van der Waals surface area contributed by atoms with Gasteiger partial charge in [0.2, 0.25) is 0 Å². The second-order valence-electron chi connectivity index (χ2n) is 4.12. The van der Waals surface area contributed by atoms with Crippen LogP contribution in [0.2, 0.25) is 0 Å². The van der Waals surface area contributed by atoms with Gasteiger partial charge in [-0.2, -0.15) is 0 Å². The van der Waals surface area contributed by atoms with Gasteiger partial charge in [0.1, 0.15) is 11.6 Å². The Morgan fingerprint density at radius 3 is 2.63 bits per heavy atom. The molecule has 0 radical (unpaired) electrons. The molecule has 96 valence electrons. The normalized spacial score (nSPS) is 9.58. The summed E-state index contributed by atoms with van der Waals surface area (Å²) in [6, 6.07) is 14.3. The van der Waals surface area contributed by atoms with E-state index in [1.54, 1.807) is 13.2 Å². The minimum atomic E-state index is -0.204. The van der Waals surface area contributed by atoms with Gasteiger partial charge in [-0.15, -0.1) is 5.73 Å². The molecular formula is C17H15FO. The number of benzene rings is 2. The molecule has 0 bridgehead atoms. The highest BCUT2D eigenvalue weighted by Crippen LogP contribution is 2.12. The molecule has 0 saturated heterocycles. The molecule has 0 fully saturated rings. The van der Waals surface area contributed by atoms with E-state index in [0.717, 1.165) is 16.9 Å². The van der Waals surface area contributed by atoms with Gasteiger partial charge in [0.15, 0.2) is 0 Å². The van der Waals surface area contributed by atoms with E-state index in [-0.39, 0.29) is 5.82 Å². The average molecular weight is 254 g/mol. The van der Waals surface area contributed by atoms with Gasteiger partial charge in [0.25, 0.3) is 0 Å². The highest BCUT2D eigenvalue weighted by molar-refractivity contribution is 5.50. The zero-order valence-electron chi connectivity index (χ0n) is 10.8. The summed E-state index contributed by atoms with van der Waals surface area (Å²) in [6.07, 6.45) is 4.45. The van der Waals surface area contributed by atoms with E-state index in [1.807, 2.05) is 42.5 Å². The lowest BCUT2D eigenvalue weighted by Gasteiger charge is -1.98. The molecule has 2 aromatic carbocycles. The fourth-order valence-corrected chi connectivity index (χ4v) is 1.70. The van der Waals surface area contributed by atoms with Gasteiger partial charge in [-0.1, -0.05) is 24.3 Å². The largest absolute Gasteiger partial charge is 0.497 e. The molecule has 0 unspecified atom stereocenters. The lowest BCUT2D eigenvalue weighted by atomic mass is 10.1. The fourth-order valence-electron chi connectivity index (χ4n) is 1.70. The minimum Gasteiger partial charge on any atom is -0.497 e. The Hall–Kier alpha value is -2.31. The molecule has 0 heterocycles. The van der Waals surface area contributed by atoms with Gasteiger partial charge >= 0.3 is 0 Å². The van der Waals surface area contributed by atoms with Crippen molar-refractivity contribution in [1.29, 1.82) is 0 Å². The highest BCUT2D eigenvalue weighted by atomic mass is 19.1. The molecule has 1 nitrogen and oxygen atoms in total. The molecule has 0 aromatic heterocycles. The van der Waals surface area contributed by atoms with E-state index in [1.165, 1.54) is 12.1 Å². The van der Waals surface area contributed by atoms with Crippen LogP contribution in [0.1, 0.15) is 11.1 Å². The van der Waals surface area contributed by atoms with Crippen LogP contribution in [-0.2, 0) is 6.42 Å². The first-order chi connectivity index (χ1) is 9.28. The first kappa shape index (κ1) is 13.1. The van der Waals surface area contributed by atoms with Crippen molar-refractivity contribution in [2.24, 2.45) is 0 Å². The van der Waals surface area contributed by atoms with Gasteiger partial charge in [-0.05, 0) is 54.0 Å². The molecule has 0 N–H and O–H groups in total. The maximum Gasteiger partial charge on any atom is 0.123 e. The van der Waals surface area contributed by atoms with Crippen molar-refractivity contribution in [3.8, 4) is 5.75 Å². The van der Waals surface area contributed by atoms with E-state index in [0.29, 0.717) is 6.42 Å². The van der Waals surface area contributed by atoms with Gasteiger partial charge in [-0.3, -0.25) is 0 Å². The van der Waals surface area contributed by atoms with E-state index in [4.69, 9.17) is 4.74 Å². The number of methoxy groups -OCH3 is 1. The Morgan fingerprint density at radius 2 is 1.95 bits per heavy atom. The van der Waals surface area contributed by atoms with Gasteiger partial charge in [0.05, 0.1) is 7.11 Å². The molecule has 19 heavy (non-hydrogen) atoms. The van der Waals surface area contributed by atoms with Crippen molar-refractivity contribution in [2.45, 2.75) is 6.42 Å². The van der Waals surface area contributed by atoms with Crippen LogP contribution in [0.5, 0.6) is 5.75 Å². The summed E-state index contributed by atoms with van der Waals surface area (Å²) in [7, 11) is 1.64. The van der Waals surface area contributed by atoms with Crippen LogP contribution in [-0.4, -0.2) is 7.11 Å². The summed E-state index contributed by atoms with van der Waals surface area (Å²) in [4.78, 5) is 0. The third-order valence-corrected chi connectivity index (χ3v) is 2.71. The number of allylic oxidation sites excluding steroid dienone is 1. The molecule has 0 aliphatic carbocycles. The highest BCUT2D eigenvalue weighted by Gasteiger charge is 1.92. The molecular weight excluding hydrogens is 239 g/mol. The van der Waals surface area contributed by atoms with Crippen LogP contribution in [0.3, 0.4) is 0 Å². The van der Waals surface area contributed by atoms with Crippen LogP contribution in [0, 0.1) is 5.82 Å². The lowest BCUT2D eigenvalue weighted by Crippen LogP contribution is -1.82. The van der Waals surface area contributed by atoms with Crippen LogP contribution in [0.15, 0.2) is 60.3 Å². The Bertz CT molecular complexity index is 593. The zero-order valence-corrected chi connectivity index (χ0v) is 10.8. The number of halogens is 1. The molecule has 0 saturated carbocycles. The summed E-state index contributed by atoms with van der Waals surface area (Å²) >= 11 is 0. The first-order valence-corrected chi connectivity index (χ1v) is 6.07. The second-order valence-corrected chi connectivity index (χ2v) is 4.12. The van der Waals surface area contributed by atoms with Crippen LogP contribution < -0.4 is 4.74 Å². The number of hydrogen-bond acceptors (Lipinski definition) is 1. The molecule has 0 spiro atoms. The number of rotatable bonds is 4. The SMILES string of the molecule is COc1ccc(C=C=CCc2cccc(F)c2)cc1. The van der Waals surface area contributed by atoms with E-state index in [2.05, 4.69) is 5.73 Å². The number of hydrogen-bond donors (Lipinski definition) is 0. The van der Waals surface area contributed by atoms with Gasteiger partial charge in [-0.25, -0.2) is 4.39 Å². The van der Waals surface area contributed by atoms with Crippen molar-refractivity contribution in [2.75, 3.05) is 7.11 Å². The summed E-state index contributed by atoms with van der Waals surface area (Å²) in [6.45, 7) is 0.